The third kappa shape index (κ3) is 3.18. The molecule has 0 unspecified atom stereocenters. The van der Waals surface area contributed by atoms with Crippen molar-refractivity contribution in [3.8, 4) is 11.5 Å². The molecule has 0 aliphatic carbocycles. The van der Waals surface area contributed by atoms with Crippen LogP contribution in [0.4, 0.5) is 13.2 Å². The minimum Gasteiger partial charge on any atom is -0.460 e. The molecule has 0 amide bonds. The molecule has 0 saturated carbocycles. The number of benzene rings is 1. The van der Waals surface area contributed by atoms with Crippen molar-refractivity contribution in [2.75, 3.05) is 6.61 Å². The van der Waals surface area contributed by atoms with E-state index in [1.54, 1.807) is 0 Å². The zero-order valence-electron chi connectivity index (χ0n) is 10.7. The van der Waals surface area contributed by atoms with Crippen LogP contribution in [0.5, 0.6) is 0 Å². The highest BCUT2D eigenvalue weighted by molar-refractivity contribution is 6.30. The average Bonchev–Trinajstić information content (AvgIpc) is 2.84. The molecular formula is C13H9ClF3NO3. The number of oxazole rings is 1. The molecule has 0 N–H and O–H groups in total. The van der Waals surface area contributed by atoms with Crippen LogP contribution in [0.2, 0.25) is 5.02 Å². The van der Waals surface area contributed by atoms with Crippen molar-refractivity contribution < 1.29 is 27.1 Å². The van der Waals surface area contributed by atoms with Crippen molar-refractivity contribution in [2.45, 2.75) is 13.3 Å². The second-order valence-electron chi connectivity index (χ2n) is 3.88. The summed E-state index contributed by atoms with van der Waals surface area (Å²) in [6.45, 7) is 1.49. The highest BCUT2D eigenvalue weighted by atomic mass is 35.5. The molecule has 1 heterocycles. The molecule has 112 valence electrons. The predicted octanol–water partition coefficient (Wildman–Crippen LogP) is 4.25. The number of nitrogens with zero attached hydrogens (tertiary/aromatic N) is 1. The number of alkyl halides is 2. The number of halogens is 4. The summed E-state index contributed by atoms with van der Waals surface area (Å²) in [5.41, 5.74) is -1.07. The Hall–Kier alpha value is -2.02. The molecule has 8 heteroatoms. The van der Waals surface area contributed by atoms with Crippen LogP contribution in [0, 0.1) is 5.82 Å². The summed E-state index contributed by atoms with van der Waals surface area (Å²) in [7, 11) is 0. The van der Waals surface area contributed by atoms with Crippen molar-refractivity contribution in [1.29, 1.82) is 0 Å². The van der Waals surface area contributed by atoms with Crippen LogP contribution in [0.25, 0.3) is 11.5 Å². The summed E-state index contributed by atoms with van der Waals surface area (Å²) in [5.74, 6) is -3.07. The number of esters is 1. The van der Waals surface area contributed by atoms with E-state index in [4.69, 9.17) is 16.0 Å². The number of ether oxygens (including phenoxy) is 1. The van der Waals surface area contributed by atoms with Crippen LogP contribution in [-0.4, -0.2) is 17.6 Å². The lowest BCUT2D eigenvalue weighted by Crippen LogP contribution is -2.06. The Labute approximate surface area is 122 Å². The summed E-state index contributed by atoms with van der Waals surface area (Å²) >= 11 is 5.60. The van der Waals surface area contributed by atoms with E-state index in [-0.39, 0.29) is 17.2 Å². The first-order chi connectivity index (χ1) is 9.93. The van der Waals surface area contributed by atoms with Crippen molar-refractivity contribution in [3.05, 3.63) is 40.5 Å². The number of aromatic nitrogens is 1. The molecule has 0 atom stereocenters. The second kappa shape index (κ2) is 6.17. The molecule has 21 heavy (non-hydrogen) atoms. The van der Waals surface area contributed by atoms with Crippen LogP contribution < -0.4 is 0 Å². The zero-order valence-corrected chi connectivity index (χ0v) is 11.5. The Bertz CT molecular complexity index is 673. The van der Waals surface area contributed by atoms with Gasteiger partial charge in [-0.05, 0) is 25.1 Å². The first-order valence-electron chi connectivity index (χ1n) is 5.85. The summed E-state index contributed by atoms with van der Waals surface area (Å²) in [4.78, 5) is 15.0. The highest BCUT2D eigenvalue weighted by Crippen LogP contribution is 2.31. The van der Waals surface area contributed by atoms with E-state index < -0.39 is 35.6 Å². The van der Waals surface area contributed by atoms with Gasteiger partial charge in [0, 0.05) is 5.02 Å². The van der Waals surface area contributed by atoms with Gasteiger partial charge >= 0.3 is 5.97 Å². The summed E-state index contributed by atoms with van der Waals surface area (Å²) in [6, 6.07) is 3.54. The van der Waals surface area contributed by atoms with Crippen molar-refractivity contribution >= 4 is 17.6 Å². The van der Waals surface area contributed by atoms with Gasteiger partial charge in [-0.25, -0.2) is 22.9 Å². The normalized spacial score (nSPS) is 11.0. The van der Waals surface area contributed by atoms with E-state index in [1.165, 1.54) is 19.1 Å². The maximum atomic E-state index is 13.7. The van der Waals surface area contributed by atoms with Gasteiger partial charge in [0.2, 0.25) is 11.7 Å². The summed E-state index contributed by atoms with van der Waals surface area (Å²) in [6.07, 6.45) is -3.06. The van der Waals surface area contributed by atoms with Gasteiger partial charge in [-0.3, -0.25) is 0 Å². The van der Waals surface area contributed by atoms with Crippen LogP contribution in [-0.2, 0) is 4.74 Å². The van der Waals surface area contributed by atoms with E-state index in [1.807, 2.05) is 0 Å². The first-order valence-corrected chi connectivity index (χ1v) is 6.23. The second-order valence-corrected chi connectivity index (χ2v) is 4.32. The number of hydrogen-bond donors (Lipinski definition) is 0. The third-order valence-corrected chi connectivity index (χ3v) is 2.72. The molecule has 4 nitrogen and oxygen atoms in total. The smallest absolute Gasteiger partial charge is 0.376 e. The number of hydrogen-bond acceptors (Lipinski definition) is 4. The van der Waals surface area contributed by atoms with E-state index in [2.05, 4.69) is 9.72 Å². The van der Waals surface area contributed by atoms with Crippen molar-refractivity contribution in [1.82, 2.24) is 4.98 Å². The molecule has 0 bridgehead atoms. The third-order valence-electron chi connectivity index (χ3n) is 2.48. The fraction of sp³-hybridized carbons (Fsp3) is 0.231. The maximum absolute atomic E-state index is 13.7. The Morgan fingerprint density at radius 3 is 2.76 bits per heavy atom. The Kier molecular flexibility index (Phi) is 4.52. The lowest BCUT2D eigenvalue weighted by atomic mass is 10.2. The van der Waals surface area contributed by atoms with Gasteiger partial charge in [0.1, 0.15) is 5.82 Å². The van der Waals surface area contributed by atoms with E-state index >= 15 is 0 Å². The van der Waals surface area contributed by atoms with Crippen LogP contribution in [0.15, 0.2) is 22.6 Å². The SMILES string of the molecule is CCOC(=O)c1oc(-c2ccc(Cl)cc2F)nc1C(F)F. The number of rotatable bonds is 4. The van der Waals surface area contributed by atoms with E-state index in [9.17, 15) is 18.0 Å². The van der Waals surface area contributed by atoms with Crippen molar-refractivity contribution in [3.63, 3.8) is 0 Å². The van der Waals surface area contributed by atoms with Gasteiger partial charge in [-0.15, -0.1) is 0 Å². The van der Waals surface area contributed by atoms with Crippen molar-refractivity contribution in [2.24, 2.45) is 0 Å². The Balaban J connectivity index is 2.51. The molecule has 0 aliphatic heterocycles. The first kappa shape index (κ1) is 15.4. The molecular weight excluding hydrogens is 311 g/mol. The molecule has 1 aromatic carbocycles. The molecule has 0 spiro atoms. The minimum atomic E-state index is -3.06. The predicted molar refractivity (Wildman–Crippen MR) is 67.8 cm³/mol. The van der Waals surface area contributed by atoms with E-state index in [0.29, 0.717) is 0 Å². The van der Waals surface area contributed by atoms with Gasteiger partial charge in [0.05, 0.1) is 12.2 Å². The van der Waals surface area contributed by atoms with Gasteiger partial charge in [-0.1, -0.05) is 11.6 Å². The minimum absolute atomic E-state index is 0.0210. The molecule has 0 saturated heterocycles. The monoisotopic (exact) mass is 319 g/mol. The standard InChI is InChI=1S/C13H9ClF3NO3/c1-2-20-13(19)10-9(11(16)17)18-12(21-10)7-4-3-6(14)5-8(7)15/h3-5,11H,2H2,1H3. The summed E-state index contributed by atoms with van der Waals surface area (Å²) < 4.78 is 49.0. The largest absolute Gasteiger partial charge is 0.460 e. The van der Waals surface area contributed by atoms with Gasteiger partial charge < -0.3 is 9.15 Å². The van der Waals surface area contributed by atoms with Gasteiger partial charge in [0.25, 0.3) is 6.43 Å². The molecule has 2 rings (SSSR count). The Morgan fingerprint density at radius 2 is 2.19 bits per heavy atom. The molecule has 0 radical (unpaired) electrons. The quantitative estimate of drug-likeness (QED) is 0.791. The topological polar surface area (TPSA) is 52.3 Å². The maximum Gasteiger partial charge on any atom is 0.376 e. The fourth-order valence-electron chi connectivity index (χ4n) is 1.60. The lowest BCUT2D eigenvalue weighted by Gasteiger charge is -1.99. The molecule has 0 aliphatic rings. The van der Waals surface area contributed by atoms with Gasteiger partial charge in [0.15, 0.2) is 5.69 Å². The molecule has 2 aromatic rings. The van der Waals surface area contributed by atoms with Crippen LogP contribution >= 0.6 is 11.6 Å². The van der Waals surface area contributed by atoms with Gasteiger partial charge in [-0.2, -0.15) is 0 Å². The van der Waals surface area contributed by atoms with Crippen LogP contribution in [0.1, 0.15) is 29.6 Å². The van der Waals surface area contributed by atoms with E-state index in [0.717, 1.165) is 6.07 Å². The average molecular weight is 320 g/mol. The molecule has 0 fully saturated rings. The van der Waals surface area contributed by atoms with Crippen LogP contribution in [0.3, 0.4) is 0 Å². The lowest BCUT2D eigenvalue weighted by molar-refractivity contribution is 0.0476. The number of carbonyl (C=O) groups is 1. The zero-order chi connectivity index (χ0) is 15.6. The fourth-order valence-corrected chi connectivity index (χ4v) is 1.76. The Morgan fingerprint density at radius 1 is 1.48 bits per heavy atom. The summed E-state index contributed by atoms with van der Waals surface area (Å²) in [5, 5.41) is 0.127. The highest BCUT2D eigenvalue weighted by Gasteiger charge is 2.28. The number of carbonyl (C=O) groups excluding carboxylic acids is 1. The molecule has 1 aromatic heterocycles.